The predicted molar refractivity (Wildman–Crippen MR) is 107 cm³/mol. The van der Waals surface area contributed by atoms with Gasteiger partial charge in [0.1, 0.15) is 6.33 Å². The largest absolute Gasteiger partial charge is 0.417 e. The van der Waals surface area contributed by atoms with E-state index in [-0.39, 0.29) is 11.4 Å². The molecule has 0 aliphatic rings. The third kappa shape index (κ3) is 5.10. The molecule has 3 aromatic rings. The van der Waals surface area contributed by atoms with Gasteiger partial charge in [0.25, 0.3) is 0 Å². The highest BCUT2D eigenvalue weighted by Crippen LogP contribution is 2.36. The Labute approximate surface area is 174 Å². The summed E-state index contributed by atoms with van der Waals surface area (Å²) in [4.78, 5) is 12.2. The minimum atomic E-state index is -4.60. The summed E-state index contributed by atoms with van der Waals surface area (Å²) in [5.41, 5.74) is 2.05. The summed E-state index contributed by atoms with van der Waals surface area (Å²) < 4.78 is 40.6. The molecule has 0 aliphatic carbocycles. The Hall–Kier alpha value is -2.52. The molecule has 1 N–H and O–H groups in total. The molecule has 0 fully saturated rings. The summed E-state index contributed by atoms with van der Waals surface area (Å²) in [6.07, 6.45) is -3.05. The number of halogens is 4. The number of carbonyl (C=O) groups excluding carboxylic acids is 1. The van der Waals surface area contributed by atoms with Crippen molar-refractivity contribution in [2.24, 2.45) is 0 Å². The van der Waals surface area contributed by atoms with Crippen molar-refractivity contribution in [3.63, 3.8) is 0 Å². The van der Waals surface area contributed by atoms with Gasteiger partial charge in [-0.2, -0.15) is 13.2 Å². The monoisotopic (exact) mass is 440 g/mol. The van der Waals surface area contributed by atoms with E-state index in [1.807, 2.05) is 32.0 Å². The zero-order chi connectivity index (χ0) is 21.2. The van der Waals surface area contributed by atoms with Gasteiger partial charge >= 0.3 is 6.18 Å². The lowest BCUT2D eigenvalue weighted by atomic mass is 10.1. The fourth-order valence-corrected chi connectivity index (χ4v) is 3.66. The summed E-state index contributed by atoms with van der Waals surface area (Å²) in [5, 5.41) is 10.4. The van der Waals surface area contributed by atoms with Crippen molar-refractivity contribution in [1.82, 2.24) is 14.8 Å². The standard InChI is InChI=1S/C19H16ClF3N4OS/c1-11-3-6-16(12(2)7-11)27-10-24-26-18(27)29-9-17(28)25-13-4-5-15(20)14(8-13)19(21,22)23/h3-8,10H,9H2,1-2H3,(H,25,28). The normalized spacial score (nSPS) is 11.5. The van der Waals surface area contributed by atoms with Crippen LogP contribution in [0.15, 0.2) is 47.9 Å². The average Bonchev–Trinajstić information content (AvgIpc) is 3.09. The first kappa shape index (κ1) is 21.2. The van der Waals surface area contributed by atoms with E-state index in [0.29, 0.717) is 5.16 Å². The van der Waals surface area contributed by atoms with Crippen molar-refractivity contribution in [2.45, 2.75) is 25.2 Å². The molecular formula is C19H16ClF3N4OS. The van der Waals surface area contributed by atoms with E-state index in [4.69, 9.17) is 11.6 Å². The fraction of sp³-hybridized carbons (Fsp3) is 0.211. The van der Waals surface area contributed by atoms with Gasteiger partial charge in [-0.1, -0.05) is 41.1 Å². The minimum absolute atomic E-state index is 0.0168. The lowest BCUT2D eigenvalue weighted by molar-refractivity contribution is -0.137. The summed E-state index contributed by atoms with van der Waals surface area (Å²) in [5.74, 6) is -0.520. The SMILES string of the molecule is Cc1ccc(-n2cnnc2SCC(=O)Nc2ccc(Cl)c(C(F)(F)F)c2)c(C)c1. The molecule has 0 unspecified atom stereocenters. The van der Waals surface area contributed by atoms with Crippen molar-refractivity contribution >= 4 is 35.0 Å². The first-order valence-corrected chi connectivity index (χ1v) is 9.78. The molecule has 0 radical (unpaired) electrons. The highest BCUT2D eigenvalue weighted by Gasteiger charge is 2.33. The molecule has 3 rings (SSSR count). The van der Waals surface area contributed by atoms with E-state index in [0.717, 1.165) is 40.7 Å². The molecule has 0 aliphatic heterocycles. The van der Waals surface area contributed by atoms with Crippen molar-refractivity contribution in [1.29, 1.82) is 0 Å². The Balaban J connectivity index is 1.69. The van der Waals surface area contributed by atoms with Gasteiger partial charge in [-0.05, 0) is 43.7 Å². The lowest BCUT2D eigenvalue weighted by Crippen LogP contribution is -2.15. The Morgan fingerprint density at radius 2 is 1.97 bits per heavy atom. The molecule has 1 aromatic heterocycles. The van der Waals surface area contributed by atoms with E-state index < -0.39 is 22.7 Å². The van der Waals surface area contributed by atoms with Crippen molar-refractivity contribution in [2.75, 3.05) is 11.1 Å². The number of benzene rings is 2. The first-order chi connectivity index (χ1) is 13.6. The van der Waals surface area contributed by atoms with Crippen LogP contribution in [0.4, 0.5) is 18.9 Å². The van der Waals surface area contributed by atoms with Gasteiger partial charge in [-0.15, -0.1) is 10.2 Å². The van der Waals surface area contributed by atoms with E-state index in [1.165, 1.54) is 6.07 Å². The summed E-state index contributed by atoms with van der Waals surface area (Å²) >= 11 is 6.72. The first-order valence-electron chi connectivity index (χ1n) is 8.42. The second-order valence-corrected chi connectivity index (χ2v) is 7.65. The maximum Gasteiger partial charge on any atom is 0.417 e. The van der Waals surface area contributed by atoms with Crippen molar-refractivity contribution in [3.05, 3.63) is 64.4 Å². The second kappa shape index (κ2) is 8.46. The molecule has 2 aromatic carbocycles. The van der Waals surface area contributed by atoms with E-state index >= 15 is 0 Å². The van der Waals surface area contributed by atoms with Crippen LogP contribution in [-0.2, 0) is 11.0 Å². The zero-order valence-electron chi connectivity index (χ0n) is 15.4. The van der Waals surface area contributed by atoms with Crippen LogP contribution in [0.2, 0.25) is 5.02 Å². The molecule has 5 nitrogen and oxygen atoms in total. The van der Waals surface area contributed by atoms with Gasteiger partial charge in [-0.3, -0.25) is 9.36 Å². The topological polar surface area (TPSA) is 59.8 Å². The number of aromatic nitrogens is 3. The molecule has 1 amide bonds. The number of carbonyl (C=O) groups is 1. The molecule has 152 valence electrons. The quantitative estimate of drug-likeness (QED) is 0.548. The molecule has 0 saturated heterocycles. The highest BCUT2D eigenvalue weighted by atomic mass is 35.5. The predicted octanol–water partition coefficient (Wildman–Crippen LogP) is 5.29. The van der Waals surface area contributed by atoms with Crippen LogP contribution in [0.25, 0.3) is 5.69 Å². The van der Waals surface area contributed by atoms with Crippen molar-refractivity contribution < 1.29 is 18.0 Å². The number of hydrogen-bond acceptors (Lipinski definition) is 4. The van der Waals surface area contributed by atoms with Crippen LogP contribution < -0.4 is 5.32 Å². The molecule has 29 heavy (non-hydrogen) atoms. The number of hydrogen-bond donors (Lipinski definition) is 1. The molecule has 0 spiro atoms. The Bertz CT molecular complexity index is 1050. The number of nitrogens with zero attached hydrogens (tertiary/aromatic N) is 3. The van der Waals surface area contributed by atoms with Gasteiger partial charge in [0.15, 0.2) is 5.16 Å². The third-order valence-corrected chi connectivity index (χ3v) is 5.29. The Morgan fingerprint density at radius 3 is 2.66 bits per heavy atom. The minimum Gasteiger partial charge on any atom is -0.325 e. The van der Waals surface area contributed by atoms with Crippen LogP contribution >= 0.6 is 23.4 Å². The van der Waals surface area contributed by atoms with Crippen LogP contribution in [-0.4, -0.2) is 26.4 Å². The number of alkyl halides is 3. The summed E-state index contributed by atoms with van der Waals surface area (Å²) in [7, 11) is 0. The van der Waals surface area contributed by atoms with Gasteiger partial charge in [0.2, 0.25) is 5.91 Å². The van der Waals surface area contributed by atoms with Gasteiger partial charge in [0, 0.05) is 5.69 Å². The molecule has 0 bridgehead atoms. The highest BCUT2D eigenvalue weighted by molar-refractivity contribution is 7.99. The molecule has 10 heteroatoms. The number of aryl methyl sites for hydroxylation is 2. The van der Waals surface area contributed by atoms with Gasteiger partial charge < -0.3 is 5.32 Å². The number of nitrogens with one attached hydrogen (secondary N) is 1. The maximum absolute atomic E-state index is 12.9. The smallest absolute Gasteiger partial charge is 0.325 e. The number of thioether (sulfide) groups is 1. The summed E-state index contributed by atoms with van der Waals surface area (Å²) in [6.45, 7) is 3.95. The Kier molecular flexibility index (Phi) is 6.18. The molecule has 1 heterocycles. The summed E-state index contributed by atoms with van der Waals surface area (Å²) in [6, 6.07) is 9.15. The number of anilines is 1. The van der Waals surface area contributed by atoms with Crippen LogP contribution in [0, 0.1) is 13.8 Å². The van der Waals surface area contributed by atoms with Crippen LogP contribution in [0.1, 0.15) is 16.7 Å². The Morgan fingerprint density at radius 1 is 1.21 bits per heavy atom. The molecular weight excluding hydrogens is 425 g/mol. The van der Waals surface area contributed by atoms with E-state index in [9.17, 15) is 18.0 Å². The third-order valence-electron chi connectivity index (χ3n) is 4.02. The average molecular weight is 441 g/mol. The van der Waals surface area contributed by atoms with Crippen molar-refractivity contribution in [3.8, 4) is 5.69 Å². The molecule has 0 atom stereocenters. The number of amides is 1. The van der Waals surface area contributed by atoms with Crippen LogP contribution in [0.5, 0.6) is 0 Å². The van der Waals surface area contributed by atoms with E-state index in [1.54, 1.807) is 10.9 Å². The molecule has 0 saturated carbocycles. The van der Waals surface area contributed by atoms with Crippen LogP contribution in [0.3, 0.4) is 0 Å². The maximum atomic E-state index is 12.9. The second-order valence-electron chi connectivity index (χ2n) is 6.30. The van der Waals surface area contributed by atoms with Gasteiger partial charge in [-0.25, -0.2) is 0 Å². The van der Waals surface area contributed by atoms with E-state index in [2.05, 4.69) is 15.5 Å². The van der Waals surface area contributed by atoms with Gasteiger partial charge in [0.05, 0.1) is 22.0 Å². The lowest BCUT2D eigenvalue weighted by Gasteiger charge is -2.12. The zero-order valence-corrected chi connectivity index (χ0v) is 17.0. The fourth-order valence-electron chi connectivity index (χ4n) is 2.71. The number of rotatable bonds is 5.